The van der Waals surface area contributed by atoms with E-state index in [0.29, 0.717) is 6.61 Å². The van der Waals surface area contributed by atoms with Crippen LogP contribution in [0.3, 0.4) is 0 Å². The van der Waals surface area contributed by atoms with Crippen LogP contribution >= 0.6 is 8.25 Å². The molecule has 0 rings (SSSR count). The zero-order valence-electron chi connectivity index (χ0n) is 5.19. The Kier molecular flexibility index (Phi) is 11.6. The minimum Gasteiger partial charge on any atom is -0.133 e. The molecule has 56 valence electrons. The summed E-state index contributed by atoms with van der Waals surface area (Å²) < 4.78 is 14.1. The van der Waals surface area contributed by atoms with Crippen LogP contribution in [0.2, 0.25) is 0 Å². The van der Waals surface area contributed by atoms with Crippen LogP contribution in [0.25, 0.3) is 0 Å². The molecule has 0 radical (unpaired) electrons. The Morgan fingerprint density at radius 2 is 2.22 bits per heavy atom. The first kappa shape index (κ1) is 12.2. The first-order chi connectivity index (χ1) is 3.77. The van der Waals surface area contributed by atoms with E-state index in [-0.39, 0.29) is 17.1 Å². The van der Waals surface area contributed by atoms with Crippen molar-refractivity contribution < 1.29 is 31.1 Å². The van der Waals surface area contributed by atoms with Crippen LogP contribution in [0.5, 0.6) is 0 Å². The average Bonchev–Trinajstić information content (AvgIpc) is 1.66. The van der Waals surface area contributed by atoms with E-state index in [4.69, 9.17) is 4.89 Å². The second-order valence-electron chi connectivity index (χ2n) is 1.42. The number of hydrogen-bond donors (Lipinski definition) is 1. The summed E-state index contributed by atoms with van der Waals surface area (Å²) in [7, 11) is -2.36. The summed E-state index contributed by atoms with van der Waals surface area (Å²) in [6.07, 6.45) is 1.84. The third-order valence-corrected chi connectivity index (χ3v) is 1.10. The Hall–Kier alpha value is 0.539. The Labute approximate surface area is 66.2 Å². The van der Waals surface area contributed by atoms with Gasteiger partial charge in [-0.15, -0.1) is 9.42 Å². The van der Waals surface area contributed by atoms with Gasteiger partial charge in [-0.3, -0.25) is 0 Å². The van der Waals surface area contributed by atoms with Crippen molar-refractivity contribution in [2.24, 2.45) is 0 Å². The molecule has 5 heteroatoms. The van der Waals surface area contributed by atoms with Crippen molar-refractivity contribution in [1.29, 1.82) is 0 Å². The van der Waals surface area contributed by atoms with Crippen LogP contribution in [0.4, 0.5) is 0 Å². The zero-order valence-corrected chi connectivity index (χ0v) is 7.18. The van der Waals surface area contributed by atoms with Crippen LogP contribution in [0.15, 0.2) is 0 Å². The molecule has 0 amide bonds. The molecular formula is C4H10FeO3P+. The van der Waals surface area contributed by atoms with Gasteiger partial charge in [-0.2, -0.15) is 0 Å². The first-order valence-corrected chi connectivity index (χ1v) is 3.69. The quantitative estimate of drug-likeness (QED) is 0.417. The molecular weight excluding hydrogens is 183 g/mol. The first-order valence-electron chi connectivity index (χ1n) is 2.56. The van der Waals surface area contributed by atoms with Crippen molar-refractivity contribution in [2.75, 3.05) is 6.61 Å². The molecule has 0 aromatic carbocycles. The van der Waals surface area contributed by atoms with Crippen LogP contribution in [-0.2, 0) is 26.2 Å². The molecule has 1 unspecified atom stereocenters. The van der Waals surface area contributed by atoms with Gasteiger partial charge in [0.05, 0.1) is 0 Å². The van der Waals surface area contributed by atoms with Gasteiger partial charge >= 0.3 is 8.25 Å². The van der Waals surface area contributed by atoms with Crippen molar-refractivity contribution in [1.82, 2.24) is 0 Å². The molecule has 3 nitrogen and oxygen atoms in total. The van der Waals surface area contributed by atoms with Gasteiger partial charge in [0.2, 0.25) is 0 Å². The maximum absolute atomic E-state index is 9.80. The molecule has 0 heterocycles. The Bertz CT molecular complexity index is 78.2. The summed E-state index contributed by atoms with van der Waals surface area (Å²) >= 11 is 0. The van der Waals surface area contributed by atoms with Crippen molar-refractivity contribution in [2.45, 2.75) is 19.8 Å². The maximum Gasteiger partial charge on any atom is 0.694 e. The van der Waals surface area contributed by atoms with E-state index in [1.54, 1.807) is 0 Å². The second-order valence-corrected chi connectivity index (χ2v) is 2.16. The monoisotopic (exact) mass is 193 g/mol. The number of unbranched alkanes of at least 4 members (excludes halogenated alkanes) is 1. The molecule has 0 aliphatic carbocycles. The Morgan fingerprint density at radius 1 is 1.67 bits per heavy atom. The molecule has 1 atom stereocenters. The predicted molar refractivity (Wildman–Crippen MR) is 30.7 cm³/mol. The van der Waals surface area contributed by atoms with Gasteiger partial charge in [-0.1, -0.05) is 13.3 Å². The van der Waals surface area contributed by atoms with Gasteiger partial charge in [-0.25, -0.2) is 0 Å². The van der Waals surface area contributed by atoms with Gasteiger partial charge < -0.3 is 0 Å². The molecule has 0 aliphatic rings. The largest absolute Gasteiger partial charge is 0.694 e. The van der Waals surface area contributed by atoms with E-state index in [1.807, 2.05) is 6.92 Å². The van der Waals surface area contributed by atoms with Crippen LogP contribution < -0.4 is 0 Å². The number of rotatable bonds is 4. The molecule has 0 saturated carbocycles. The van der Waals surface area contributed by atoms with E-state index in [0.717, 1.165) is 12.8 Å². The fourth-order valence-electron chi connectivity index (χ4n) is 0.287. The molecule has 0 aromatic heterocycles. The van der Waals surface area contributed by atoms with Gasteiger partial charge in [0, 0.05) is 21.6 Å². The second kappa shape index (κ2) is 8.54. The third kappa shape index (κ3) is 11.9. The van der Waals surface area contributed by atoms with Crippen LogP contribution in [0.1, 0.15) is 19.8 Å². The summed E-state index contributed by atoms with van der Waals surface area (Å²) in [6, 6.07) is 0. The van der Waals surface area contributed by atoms with Crippen LogP contribution in [-0.4, -0.2) is 11.5 Å². The van der Waals surface area contributed by atoms with E-state index in [1.165, 1.54) is 0 Å². The van der Waals surface area contributed by atoms with Gasteiger partial charge in [0.1, 0.15) is 6.61 Å². The van der Waals surface area contributed by atoms with Gasteiger partial charge in [-0.05, 0) is 6.42 Å². The van der Waals surface area contributed by atoms with Crippen molar-refractivity contribution in [3.8, 4) is 0 Å². The van der Waals surface area contributed by atoms with Crippen molar-refractivity contribution in [3.05, 3.63) is 0 Å². The maximum atomic E-state index is 9.80. The molecule has 0 aromatic rings. The van der Waals surface area contributed by atoms with Crippen LogP contribution in [0, 0.1) is 0 Å². The van der Waals surface area contributed by atoms with E-state index in [9.17, 15) is 4.57 Å². The summed E-state index contributed by atoms with van der Waals surface area (Å²) in [4.78, 5) is 8.07. The predicted octanol–water partition coefficient (Wildman–Crippen LogP) is 1.45. The standard InChI is InChI=1S/C4H9O3P.Fe/c1-2-3-4-7-8(5)6;/h2-4H2,1H3;/p+1. The molecule has 9 heavy (non-hydrogen) atoms. The summed E-state index contributed by atoms with van der Waals surface area (Å²) in [5, 5.41) is 0. The molecule has 1 N–H and O–H groups in total. The number of hydrogen-bond acceptors (Lipinski definition) is 2. The topological polar surface area (TPSA) is 46.5 Å². The smallest absolute Gasteiger partial charge is 0.133 e. The van der Waals surface area contributed by atoms with Crippen molar-refractivity contribution >= 4 is 8.25 Å². The fraction of sp³-hybridized carbons (Fsp3) is 1.00. The third-order valence-electron chi connectivity index (χ3n) is 0.700. The molecule has 0 bridgehead atoms. The summed E-state index contributed by atoms with van der Waals surface area (Å²) in [5.74, 6) is 0. The van der Waals surface area contributed by atoms with E-state index < -0.39 is 8.25 Å². The van der Waals surface area contributed by atoms with E-state index in [2.05, 4.69) is 4.52 Å². The fourth-order valence-corrected chi connectivity index (χ4v) is 0.572. The average molecular weight is 193 g/mol. The molecule has 0 aliphatic heterocycles. The molecule has 0 fully saturated rings. The molecule has 0 spiro atoms. The summed E-state index contributed by atoms with van der Waals surface area (Å²) in [5.41, 5.74) is 0. The Balaban J connectivity index is 0. The van der Waals surface area contributed by atoms with E-state index >= 15 is 0 Å². The normalized spacial score (nSPS) is 10.2. The van der Waals surface area contributed by atoms with Gasteiger partial charge in [0.25, 0.3) is 0 Å². The minimum atomic E-state index is -2.36. The molecule has 0 saturated heterocycles. The van der Waals surface area contributed by atoms with Crippen molar-refractivity contribution in [3.63, 3.8) is 0 Å². The minimum absolute atomic E-state index is 0. The summed E-state index contributed by atoms with van der Waals surface area (Å²) in [6.45, 7) is 2.38. The zero-order chi connectivity index (χ0) is 6.41. The SMILES string of the molecule is CCCCO[P+](=O)O.[Fe]. The Morgan fingerprint density at radius 3 is 2.56 bits per heavy atom. The van der Waals surface area contributed by atoms with Gasteiger partial charge in [0.15, 0.2) is 0 Å².